The highest BCUT2D eigenvalue weighted by molar-refractivity contribution is 6.01. The summed E-state index contributed by atoms with van der Waals surface area (Å²) in [6.07, 6.45) is 3.72. The minimum atomic E-state index is -0.552. The Labute approximate surface area is 183 Å². The van der Waals surface area contributed by atoms with Gasteiger partial charge >= 0.3 is 0 Å². The van der Waals surface area contributed by atoms with E-state index in [2.05, 4.69) is 20.3 Å². The van der Waals surface area contributed by atoms with Crippen LogP contribution in [0.2, 0.25) is 0 Å². The van der Waals surface area contributed by atoms with Gasteiger partial charge in [-0.3, -0.25) is 4.79 Å². The van der Waals surface area contributed by atoms with Gasteiger partial charge in [0.25, 0.3) is 5.91 Å². The maximum absolute atomic E-state index is 14.7. The van der Waals surface area contributed by atoms with Crippen LogP contribution in [0.25, 0.3) is 16.9 Å². The van der Waals surface area contributed by atoms with Crippen molar-refractivity contribution < 1.29 is 14.3 Å². The zero-order chi connectivity index (χ0) is 22.2. The molecule has 0 spiro atoms. The summed E-state index contributed by atoms with van der Waals surface area (Å²) in [6.45, 7) is 1.93. The molecule has 0 aliphatic carbocycles. The Kier molecular flexibility index (Phi) is 5.07. The highest BCUT2D eigenvalue weighted by atomic mass is 19.1. The standard InChI is InChI=1S/C23H21FN6O2/c24-16-5-1-4-15(10-25)21(16)17-9-19(22-18(27-17)11-26-23(22)32)30-8-6-20(28-30)29-7-2-3-14(12-29)13-31/h1,4-6,8-9,14,31H,2-3,7,11-13H2,(H,26,32)/t14-/m0/s1. The van der Waals surface area contributed by atoms with Crippen molar-refractivity contribution >= 4 is 11.7 Å². The third kappa shape index (κ3) is 3.39. The zero-order valence-corrected chi connectivity index (χ0v) is 17.3. The molecular weight excluding hydrogens is 411 g/mol. The van der Waals surface area contributed by atoms with Crippen LogP contribution in [-0.2, 0) is 6.54 Å². The van der Waals surface area contributed by atoms with E-state index in [9.17, 15) is 19.6 Å². The number of hydrogen-bond donors (Lipinski definition) is 2. The lowest BCUT2D eigenvalue weighted by Gasteiger charge is -2.31. The summed E-state index contributed by atoms with van der Waals surface area (Å²) < 4.78 is 16.3. The van der Waals surface area contributed by atoms with Gasteiger partial charge in [0.1, 0.15) is 5.82 Å². The normalized spacial score (nSPS) is 17.7. The summed E-state index contributed by atoms with van der Waals surface area (Å²) in [6, 6.07) is 9.79. The van der Waals surface area contributed by atoms with Crippen molar-refractivity contribution in [1.29, 1.82) is 5.26 Å². The van der Waals surface area contributed by atoms with E-state index < -0.39 is 5.82 Å². The molecule has 2 N–H and O–H groups in total. The molecular formula is C23H21FN6O2. The van der Waals surface area contributed by atoms with Crippen LogP contribution < -0.4 is 10.2 Å². The Morgan fingerprint density at radius 1 is 1.31 bits per heavy atom. The number of fused-ring (bicyclic) bond motifs is 1. The highest BCUT2D eigenvalue weighted by Crippen LogP contribution is 2.32. The van der Waals surface area contributed by atoms with E-state index in [0.29, 0.717) is 23.5 Å². The van der Waals surface area contributed by atoms with E-state index in [1.165, 1.54) is 18.2 Å². The fraction of sp³-hybridized carbons (Fsp3) is 0.304. The van der Waals surface area contributed by atoms with Crippen molar-refractivity contribution in [3.63, 3.8) is 0 Å². The van der Waals surface area contributed by atoms with E-state index in [1.807, 2.05) is 12.1 Å². The van der Waals surface area contributed by atoms with Crippen molar-refractivity contribution in [2.24, 2.45) is 5.92 Å². The van der Waals surface area contributed by atoms with Gasteiger partial charge in [0.15, 0.2) is 5.82 Å². The van der Waals surface area contributed by atoms with Crippen LogP contribution in [0.4, 0.5) is 10.2 Å². The fourth-order valence-electron chi connectivity index (χ4n) is 4.44. The van der Waals surface area contributed by atoms with E-state index in [0.717, 1.165) is 25.2 Å². The Morgan fingerprint density at radius 2 is 2.19 bits per heavy atom. The molecule has 2 aromatic heterocycles. The lowest BCUT2D eigenvalue weighted by molar-refractivity contribution is 0.0965. The lowest BCUT2D eigenvalue weighted by atomic mass is 9.99. The number of nitrogens with zero attached hydrogens (tertiary/aromatic N) is 5. The number of carbonyl (C=O) groups is 1. The maximum Gasteiger partial charge on any atom is 0.255 e. The summed E-state index contributed by atoms with van der Waals surface area (Å²) in [7, 11) is 0. The molecule has 8 nitrogen and oxygen atoms in total. The molecule has 5 rings (SSSR count). The van der Waals surface area contributed by atoms with E-state index in [1.54, 1.807) is 16.9 Å². The van der Waals surface area contributed by atoms with Crippen LogP contribution in [-0.4, -0.2) is 45.5 Å². The van der Waals surface area contributed by atoms with Gasteiger partial charge < -0.3 is 15.3 Å². The molecule has 1 fully saturated rings. The first kappa shape index (κ1) is 20.2. The van der Waals surface area contributed by atoms with Gasteiger partial charge in [-0.25, -0.2) is 14.1 Å². The van der Waals surface area contributed by atoms with Gasteiger partial charge in [0.2, 0.25) is 0 Å². The molecule has 2 aliphatic heterocycles. The molecule has 1 aromatic carbocycles. The largest absolute Gasteiger partial charge is 0.396 e. The third-order valence-corrected chi connectivity index (χ3v) is 6.03. The van der Waals surface area contributed by atoms with Gasteiger partial charge in [-0.15, -0.1) is 0 Å². The SMILES string of the molecule is N#Cc1cccc(F)c1-c1cc(-n2ccc(N3CCC[C@H](CO)C3)n2)c2c(n1)CNC2=O. The van der Waals surface area contributed by atoms with Crippen molar-refractivity contribution in [3.05, 3.63) is 59.2 Å². The van der Waals surface area contributed by atoms with Gasteiger partial charge in [-0.05, 0) is 37.0 Å². The molecule has 1 saturated heterocycles. The molecule has 32 heavy (non-hydrogen) atoms. The third-order valence-electron chi connectivity index (χ3n) is 6.03. The molecule has 3 aromatic rings. The average Bonchev–Trinajstić information content (AvgIpc) is 3.46. The molecule has 0 unspecified atom stereocenters. The first-order valence-electron chi connectivity index (χ1n) is 10.5. The average molecular weight is 432 g/mol. The van der Waals surface area contributed by atoms with Gasteiger partial charge in [0.05, 0.1) is 46.4 Å². The van der Waals surface area contributed by atoms with Crippen LogP contribution in [0.1, 0.15) is 34.5 Å². The minimum absolute atomic E-state index is 0.104. The molecule has 9 heteroatoms. The second-order valence-electron chi connectivity index (χ2n) is 8.06. The van der Waals surface area contributed by atoms with Crippen LogP contribution in [0.15, 0.2) is 36.5 Å². The van der Waals surface area contributed by atoms with Crippen molar-refractivity contribution in [2.75, 3.05) is 24.6 Å². The number of aliphatic hydroxyl groups is 1. The number of halogens is 1. The quantitative estimate of drug-likeness (QED) is 0.656. The zero-order valence-electron chi connectivity index (χ0n) is 17.3. The lowest BCUT2D eigenvalue weighted by Crippen LogP contribution is -2.37. The molecule has 0 radical (unpaired) electrons. The van der Waals surface area contributed by atoms with Crippen LogP contribution >= 0.6 is 0 Å². The molecule has 162 valence electrons. The number of amides is 1. The summed E-state index contributed by atoms with van der Waals surface area (Å²) in [4.78, 5) is 19.1. The Balaban J connectivity index is 1.61. The number of piperidine rings is 1. The van der Waals surface area contributed by atoms with Gasteiger partial charge in [0, 0.05) is 32.0 Å². The number of carbonyl (C=O) groups excluding carboxylic acids is 1. The molecule has 4 heterocycles. The Morgan fingerprint density at radius 3 is 3.00 bits per heavy atom. The van der Waals surface area contributed by atoms with E-state index >= 15 is 0 Å². The molecule has 1 amide bonds. The van der Waals surface area contributed by atoms with Crippen molar-refractivity contribution in [1.82, 2.24) is 20.1 Å². The molecule has 1 atom stereocenters. The minimum Gasteiger partial charge on any atom is -0.396 e. The molecule has 2 aliphatic rings. The number of aromatic nitrogens is 3. The van der Waals surface area contributed by atoms with Gasteiger partial charge in [-0.2, -0.15) is 10.4 Å². The summed E-state index contributed by atoms with van der Waals surface area (Å²) in [5, 5.41) is 26.4. The van der Waals surface area contributed by atoms with Crippen LogP contribution in [0.3, 0.4) is 0 Å². The number of benzene rings is 1. The number of nitrogens with one attached hydrogen (secondary N) is 1. The summed E-state index contributed by atoms with van der Waals surface area (Å²) >= 11 is 0. The Hall–Kier alpha value is -3.77. The van der Waals surface area contributed by atoms with Crippen molar-refractivity contribution in [3.8, 4) is 23.0 Å². The number of aliphatic hydroxyl groups excluding tert-OH is 1. The van der Waals surface area contributed by atoms with Gasteiger partial charge in [-0.1, -0.05) is 6.07 Å². The number of anilines is 1. The second kappa shape index (κ2) is 8.05. The van der Waals surface area contributed by atoms with Crippen LogP contribution in [0, 0.1) is 23.1 Å². The number of nitriles is 1. The summed E-state index contributed by atoms with van der Waals surface area (Å²) in [5.74, 6) is 0.141. The molecule has 0 bridgehead atoms. The Bertz CT molecular complexity index is 1250. The first-order valence-corrected chi connectivity index (χ1v) is 10.5. The second-order valence-corrected chi connectivity index (χ2v) is 8.06. The highest BCUT2D eigenvalue weighted by Gasteiger charge is 2.28. The monoisotopic (exact) mass is 432 g/mol. The predicted molar refractivity (Wildman–Crippen MR) is 115 cm³/mol. The topological polar surface area (TPSA) is 107 Å². The molecule has 0 saturated carbocycles. The number of pyridine rings is 1. The fourth-order valence-corrected chi connectivity index (χ4v) is 4.44. The van der Waals surface area contributed by atoms with E-state index in [-0.39, 0.29) is 41.8 Å². The number of hydrogen-bond acceptors (Lipinski definition) is 6. The first-order chi connectivity index (χ1) is 15.6. The maximum atomic E-state index is 14.7. The van der Waals surface area contributed by atoms with E-state index in [4.69, 9.17) is 0 Å². The summed E-state index contributed by atoms with van der Waals surface area (Å²) in [5.41, 5.74) is 1.92. The van der Waals surface area contributed by atoms with Crippen molar-refractivity contribution in [2.45, 2.75) is 19.4 Å². The van der Waals surface area contributed by atoms with Crippen LogP contribution in [0.5, 0.6) is 0 Å². The smallest absolute Gasteiger partial charge is 0.255 e. The number of rotatable bonds is 4. The predicted octanol–water partition coefficient (Wildman–Crippen LogP) is 2.40.